The minimum atomic E-state index is 0.903. The lowest BCUT2D eigenvalue weighted by Crippen LogP contribution is -1.97. The van der Waals surface area contributed by atoms with Crippen molar-refractivity contribution >= 4 is 0 Å². The molecule has 0 aliphatic heterocycles. The van der Waals surface area contributed by atoms with E-state index in [9.17, 15) is 0 Å². The lowest BCUT2D eigenvalue weighted by molar-refractivity contribution is 0.511. The molecule has 3 rings (SSSR count). The zero-order valence-electron chi connectivity index (χ0n) is 9.09. The summed E-state index contributed by atoms with van der Waals surface area (Å²) in [5.41, 5.74) is 4.74. The van der Waals surface area contributed by atoms with E-state index in [4.69, 9.17) is 0 Å². The molecule has 3 atom stereocenters. The second-order valence-corrected chi connectivity index (χ2v) is 5.35. The van der Waals surface area contributed by atoms with Gasteiger partial charge in [0.05, 0.1) is 0 Å². The van der Waals surface area contributed by atoms with Crippen LogP contribution in [0.4, 0.5) is 0 Å². The fraction of sp³-hybridized carbons (Fsp3) is 0.571. The Labute approximate surface area is 86.3 Å². The zero-order valence-corrected chi connectivity index (χ0v) is 9.09. The first-order valence-electron chi connectivity index (χ1n) is 5.83. The van der Waals surface area contributed by atoms with Crippen molar-refractivity contribution in [3.63, 3.8) is 0 Å². The van der Waals surface area contributed by atoms with Gasteiger partial charge in [-0.15, -0.1) is 0 Å². The van der Waals surface area contributed by atoms with Gasteiger partial charge in [0.1, 0.15) is 0 Å². The van der Waals surface area contributed by atoms with Crippen LogP contribution in [0.2, 0.25) is 0 Å². The van der Waals surface area contributed by atoms with Gasteiger partial charge in [-0.1, -0.05) is 30.7 Å². The quantitative estimate of drug-likeness (QED) is 0.580. The Hall–Kier alpha value is -0.780. The number of hydrogen-bond acceptors (Lipinski definition) is 0. The van der Waals surface area contributed by atoms with Gasteiger partial charge in [0.25, 0.3) is 0 Å². The molecule has 1 saturated carbocycles. The molecule has 1 aromatic carbocycles. The predicted molar refractivity (Wildman–Crippen MR) is 59.5 cm³/mol. The Morgan fingerprint density at radius 3 is 2.93 bits per heavy atom. The molecular weight excluding hydrogens is 168 g/mol. The highest BCUT2D eigenvalue weighted by Gasteiger charge is 2.38. The Morgan fingerprint density at radius 1 is 1.21 bits per heavy atom. The average Bonchev–Trinajstić information content (AvgIpc) is 2.59. The summed E-state index contributed by atoms with van der Waals surface area (Å²) in [7, 11) is 0. The summed E-state index contributed by atoms with van der Waals surface area (Å²) in [6, 6.07) is 7.07. The van der Waals surface area contributed by atoms with Gasteiger partial charge < -0.3 is 0 Å². The smallest absolute Gasteiger partial charge is 0.0125 e. The van der Waals surface area contributed by atoms with Crippen LogP contribution >= 0.6 is 0 Å². The summed E-state index contributed by atoms with van der Waals surface area (Å²) in [4.78, 5) is 0. The van der Waals surface area contributed by atoms with Crippen molar-refractivity contribution in [1.82, 2.24) is 0 Å². The van der Waals surface area contributed by atoms with Crippen molar-refractivity contribution in [2.24, 2.45) is 11.8 Å². The Balaban J connectivity index is 2.01. The predicted octanol–water partition coefficient (Wildman–Crippen LogP) is 3.68. The minimum Gasteiger partial charge on any atom is -0.0625 e. The third-order valence-electron chi connectivity index (χ3n) is 4.11. The normalized spacial score (nSPS) is 34.3. The molecule has 1 fully saturated rings. The van der Waals surface area contributed by atoms with Crippen LogP contribution in [-0.2, 0) is 6.42 Å². The molecule has 0 nitrogen and oxygen atoms in total. The second-order valence-electron chi connectivity index (χ2n) is 5.35. The largest absolute Gasteiger partial charge is 0.0625 e. The maximum absolute atomic E-state index is 2.41. The van der Waals surface area contributed by atoms with Crippen LogP contribution < -0.4 is 0 Å². The number of rotatable bonds is 0. The van der Waals surface area contributed by atoms with E-state index >= 15 is 0 Å². The van der Waals surface area contributed by atoms with Gasteiger partial charge in [-0.05, 0) is 55.1 Å². The molecule has 14 heavy (non-hydrogen) atoms. The monoisotopic (exact) mass is 186 g/mol. The highest BCUT2D eigenvalue weighted by Crippen LogP contribution is 2.50. The number of fused-ring (bicyclic) bond motifs is 3. The van der Waals surface area contributed by atoms with Gasteiger partial charge in [0.15, 0.2) is 0 Å². The van der Waals surface area contributed by atoms with E-state index in [-0.39, 0.29) is 0 Å². The van der Waals surface area contributed by atoms with Gasteiger partial charge in [-0.25, -0.2) is 0 Å². The average molecular weight is 186 g/mol. The molecule has 0 saturated heterocycles. The Bertz CT molecular complexity index is 364. The van der Waals surface area contributed by atoms with Crippen LogP contribution in [0.25, 0.3) is 0 Å². The van der Waals surface area contributed by atoms with Gasteiger partial charge in [0.2, 0.25) is 0 Å². The molecule has 2 aliphatic carbocycles. The molecule has 0 heteroatoms. The summed E-state index contributed by atoms with van der Waals surface area (Å²) < 4.78 is 0. The first-order valence-corrected chi connectivity index (χ1v) is 5.83. The van der Waals surface area contributed by atoms with Crippen LogP contribution in [0.1, 0.15) is 42.4 Å². The fourth-order valence-corrected chi connectivity index (χ4v) is 3.57. The second kappa shape index (κ2) is 2.85. The van der Waals surface area contributed by atoms with Crippen molar-refractivity contribution in [2.75, 3.05) is 0 Å². The van der Waals surface area contributed by atoms with E-state index in [0.29, 0.717) is 0 Å². The van der Waals surface area contributed by atoms with E-state index in [1.807, 2.05) is 0 Å². The maximum Gasteiger partial charge on any atom is -0.0125 e. The molecule has 0 spiro atoms. The molecule has 74 valence electrons. The standard InChI is InChI=1S/C14H18/c1-9-3-4-13-11(5-9)8-12-6-10(2)7-14(12)13/h3-5,10,12,14H,6-8H2,1-2H3. The molecule has 0 radical (unpaired) electrons. The summed E-state index contributed by atoms with van der Waals surface area (Å²) in [5.74, 6) is 2.84. The molecule has 0 heterocycles. The molecule has 0 aromatic heterocycles. The topological polar surface area (TPSA) is 0 Å². The first-order chi connectivity index (χ1) is 6.74. The van der Waals surface area contributed by atoms with Crippen molar-refractivity contribution in [1.29, 1.82) is 0 Å². The number of aryl methyl sites for hydroxylation is 1. The van der Waals surface area contributed by atoms with Crippen molar-refractivity contribution in [3.8, 4) is 0 Å². The summed E-state index contributed by atoms with van der Waals surface area (Å²) in [6.45, 7) is 4.61. The minimum absolute atomic E-state index is 0.903. The van der Waals surface area contributed by atoms with Crippen molar-refractivity contribution < 1.29 is 0 Å². The van der Waals surface area contributed by atoms with Crippen LogP contribution in [0, 0.1) is 18.8 Å². The van der Waals surface area contributed by atoms with E-state index in [2.05, 4.69) is 32.0 Å². The van der Waals surface area contributed by atoms with Crippen molar-refractivity contribution in [2.45, 2.75) is 39.0 Å². The fourth-order valence-electron chi connectivity index (χ4n) is 3.57. The molecule has 2 aliphatic rings. The van der Waals surface area contributed by atoms with Gasteiger partial charge in [-0.3, -0.25) is 0 Å². The third kappa shape index (κ3) is 1.13. The van der Waals surface area contributed by atoms with E-state index in [0.717, 1.165) is 17.8 Å². The molecule has 0 N–H and O–H groups in total. The molecule has 3 unspecified atom stereocenters. The van der Waals surface area contributed by atoms with Gasteiger partial charge in [0, 0.05) is 0 Å². The highest BCUT2D eigenvalue weighted by molar-refractivity contribution is 5.40. The SMILES string of the molecule is Cc1ccc2c(c1)CC1CC(C)CC21. The molecule has 0 bridgehead atoms. The Morgan fingerprint density at radius 2 is 2.07 bits per heavy atom. The van der Waals surface area contributed by atoms with Crippen LogP contribution in [-0.4, -0.2) is 0 Å². The molecule has 1 aromatic rings. The molecular formula is C14H18. The maximum atomic E-state index is 2.41. The van der Waals surface area contributed by atoms with Gasteiger partial charge >= 0.3 is 0 Å². The van der Waals surface area contributed by atoms with Crippen LogP contribution in [0.5, 0.6) is 0 Å². The van der Waals surface area contributed by atoms with E-state index < -0.39 is 0 Å². The summed E-state index contributed by atoms with van der Waals surface area (Å²) >= 11 is 0. The first kappa shape index (κ1) is 8.52. The molecule has 0 amide bonds. The number of hydrogen-bond donors (Lipinski definition) is 0. The van der Waals surface area contributed by atoms with E-state index in [1.54, 1.807) is 11.1 Å². The lowest BCUT2D eigenvalue weighted by atomic mass is 9.96. The highest BCUT2D eigenvalue weighted by atomic mass is 14.4. The summed E-state index contributed by atoms with van der Waals surface area (Å²) in [5, 5.41) is 0. The van der Waals surface area contributed by atoms with Gasteiger partial charge in [-0.2, -0.15) is 0 Å². The van der Waals surface area contributed by atoms with Crippen LogP contribution in [0.15, 0.2) is 18.2 Å². The lowest BCUT2D eigenvalue weighted by Gasteiger charge is -2.09. The summed E-state index contributed by atoms with van der Waals surface area (Å²) in [6.07, 6.45) is 4.24. The Kier molecular flexibility index (Phi) is 1.74. The van der Waals surface area contributed by atoms with Crippen LogP contribution in [0.3, 0.4) is 0 Å². The zero-order chi connectivity index (χ0) is 9.71. The number of benzene rings is 1. The van der Waals surface area contributed by atoms with E-state index in [1.165, 1.54) is 24.8 Å². The van der Waals surface area contributed by atoms with Crippen molar-refractivity contribution in [3.05, 3.63) is 34.9 Å². The third-order valence-corrected chi connectivity index (χ3v) is 4.11.